The van der Waals surface area contributed by atoms with Gasteiger partial charge in [0.1, 0.15) is 5.75 Å². The van der Waals surface area contributed by atoms with E-state index in [-0.39, 0.29) is 12.6 Å². The molecule has 0 saturated carbocycles. The Labute approximate surface area is 163 Å². The zero-order valence-corrected chi connectivity index (χ0v) is 15.2. The van der Waals surface area contributed by atoms with Crippen LogP contribution in [0.3, 0.4) is 0 Å². The van der Waals surface area contributed by atoms with Gasteiger partial charge in [-0.2, -0.15) is 5.10 Å². The molecule has 3 aromatic carbocycles. The molecule has 0 aliphatic heterocycles. The Hall–Kier alpha value is -3.86. The van der Waals surface area contributed by atoms with Crippen molar-refractivity contribution in [2.24, 2.45) is 0 Å². The number of hydrogen-bond acceptors (Lipinski definition) is 3. The van der Waals surface area contributed by atoms with E-state index in [0.717, 1.165) is 22.6 Å². The molecule has 0 bridgehead atoms. The number of rotatable bonds is 6. The second-order valence-electron chi connectivity index (χ2n) is 6.22. The molecule has 1 aromatic heterocycles. The quantitative estimate of drug-likeness (QED) is 0.529. The van der Waals surface area contributed by atoms with Gasteiger partial charge in [-0.3, -0.25) is 4.79 Å². The molecule has 0 atom stereocenters. The summed E-state index contributed by atoms with van der Waals surface area (Å²) in [5, 5.41) is 7.08. The van der Waals surface area contributed by atoms with Crippen molar-refractivity contribution in [2.75, 3.05) is 5.32 Å². The van der Waals surface area contributed by atoms with Crippen molar-refractivity contribution in [3.05, 3.63) is 103 Å². The highest BCUT2D eigenvalue weighted by Gasteiger charge is 2.10. The molecular weight excluding hydrogens is 350 g/mol. The van der Waals surface area contributed by atoms with Crippen LogP contribution in [0.5, 0.6) is 5.75 Å². The number of hydrogen-bond donors (Lipinski definition) is 1. The van der Waals surface area contributed by atoms with Crippen molar-refractivity contribution < 1.29 is 9.53 Å². The molecule has 1 heterocycles. The Morgan fingerprint density at radius 1 is 0.821 bits per heavy atom. The first-order valence-electron chi connectivity index (χ1n) is 8.96. The van der Waals surface area contributed by atoms with Crippen LogP contribution in [0.1, 0.15) is 10.5 Å². The smallest absolute Gasteiger partial charge is 0.276 e. The lowest BCUT2D eigenvalue weighted by Crippen LogP contribution is -2.14. The van der Waals surface area contributed by atoms with Gasteiger partial charge in [0.15, 0.2) is 12.4 Å². The van der Waals surface area contributed by atoms with E-state index in [2.05, 4.69) is 22.5 Å². The zero-order valence-electron chi connectivity index (χ0n) is 15.2. The van der Waals surface area contributed by atoms with E-state index in [1.54, 1.807) is 16.9 Å². The number of amides is 1. The number of ether oxygens (including phenoxy) is 1. The summed E-state index contributed by atoms with van der Waals surface area (Å²) in [5.41, 5.74) is 3.37. The molecule has 4 aromatic rings. The second kappa shape index (κ2) is 8.22. The van der Waals surface area contributed by atoms with Crippen molar-refractivity contribution in [1.29, 1.82) is 0 Å². The molecule has 4 rings (SSSR count). The number of nitrogens with zero attached hydrogens (tertiary/aromatic N) is 2. The van der Waals surface area contributed by atoms with Gasteiger partial charge in [0.2, 0.25) is 0 Å². The van der Waals surface area contributed by atoms with Crippen LogP contribution in [0, 0.1) is 0 Å². The normalized spacial score (nSPS) is 10.4. The minimum atomic E-state index is -0.253. The minimum Gasteiger partial charge on any atom is -0.471 e. The minimum absolute atomic E-state index is 0.225. The van der Waals surface area contributed by atoms with Gasteiger partial charge in [0.25, 0.3) is 5.91 Å². The number of carbonyl (C=O) groups is 1. The Morgan fingerprint density at radius 2 is 1.46 bits per heavy atom. The Morgan fingerprint density at radius 3 is 2.18 bits per heavy atom. The molecule has 0 aliphatic carbocycles. The molecular formula is C23H19N3O2. The predicted molar refractivity (Wildman–Crippen MR) is 109 cm³/mol. The topological polar surface area (TPSA) is 56.2 Å². The zero-order chi connectivity index (χ0) is 19.2. The molecule has 1 N–H and O–H groups in total. The Bertz CT molecular complexity index is 1040. The van der Waals surface area contributed by atoms with Gasteiger partial charge in [-0.1, -0.05) is 60.7 Å². The summed E-state index contributed by atoms with van der Waals surface area (Å²) in [6, 6.07) is 29.0. The molecule has 28 heavy (non-hydrogen) atoms. The van der Waals surface area contributed by atoms with E-state index in [0.29, 0.717) is 5.69 Å². The first-order chi connectivity index (χ1) is 13.8. The number of benzene rings is 3. The monoisotopic (exact) mass is 369 g/mol. The summed E-state index contributed by atoms with van der Waals surface area (Å²) < 4.78 is 7.35. The van der Waals surface area contributed by atoms with Crippen LogP contribution in [-0.4, -0.2) is 15.7 Å². The van der Waals surface area contributed by atoms with Gasteiger partial charge in [0, 0.05) is 11.9 Å². The molecule has 0 spiro atoms. The fraction of sp³-hybridized carbons (Fsp3) is 0.0435. The fourth-order valence-electron chi connectivity index (χ4n) is 2.79. The van der Waals surface area contributed by atoms with Crippen LogP contribution in [-0.2, 0) is 6.73 Å². The van der Waals surface area contributed by atoms with Gasteiger partial charge in [-0.05, 0) is 41.5 Å². The summed E-state index contributed by atoms with van der Waals surface area (Å²) in [6.45, 7) is 0.225. The maximum Gasteiger partial charge on any atom is 0.276 e. The predicted octanol–water partition coefficient (Wildman–Crippen LogP) is 4.84. The lowest BCUT2D eigenvalue weighted by atomic mass is 10.1. The molecule has 5 nitrogen and oxygen atoms in total. The average Bonchev–Trinajstić information content (AvgIpc) is 3.23. The highest BCUT2D eigenvalue weighted by atomic mass is 16.5. The van der Waals surface area contributed by atoms with Crippen LogP contribution >= 0.6 is 0 Å². The first kappa shape index (κ1) is 17.5. The summed E-state index contributed by atoms with van der Waals surface area (Å²) >= 11 is 0. The number of aromatic nitrogens is 2. The molecule has 0 saturated heterocycles. The van der Waals surface area contributed by atoms with E-state index in [9.17, 15) is 4.79 Å². The van der Waals surface area contributed by atoms with Gasteiger partial charge in [-0.25, -0.2) is 4.68 Å². The third-order valence-corrected chi connectivity index (χ3v) is 4.23. The maximum atomic E-state index is 12.2. The molecule has 0 radical (unpaired) electrons. The van der Waals surface area contributed by atoms with Crippen molar-refractivity contribution in [3.63, 3.8) is 0 Å². The van der Waals surface area contributed by atoms with Crippen LogP contribution in [0.2, 0.25) is 0 Å². The largest absolute Gasteiger partial charge is 0.471 e. The van der Waals surface area contributed by atoms with Crippen molar-refractivity contribution in [3.8, 4) is 16.9 Å². The van der Waals surface area contributed by atoms with Gasteiger partial charge in [0.05, 0.1) is 0 Å². The van der Waals surface area contributed by atoms with E-state index in [4.69, 9.17) is 4.74 Å². The van der Waals surface area contributed by atoms with Gasteiger partial charge < -0.3 is 10.1 Å². The number of anilines is 1. The Kier molecular flexibility index (Phi) is 5.15. The summed E-state index contributed by atoms with van der Waals surface area (Å²) in [4.78, 5) is 12.2. The summed E-state index contributed by atoms with van der Waals surface area (Å²) in [5.74, 6) is 0.489. The van der Waals surface area contributed by atoms with Crippen LogP contribution < -0.4 is 10.1 Å². The molecule has 0 unspecified atom stereocenters. The van der Waals surface area contributed by atoms with Gasteiger partial charge >= 0.3 is 0 Å². The third-order valence-electron chi connectivity index (χ3n) is 4.23. The van der Waals surface area contributed by atoms with Crippen molar-refractivity contribution in [2.45, 2.75) is 6.73 Å². The van der Waals surface area contributed by atoms with E-state index < -0.39 is 0 Å². The lowest BCUT2D eigenvalue weighted by Gasteiger charge is -2.07. The van der Waals surface area contributed by atoms with Crippen LogP contribution in [0.4, 0.5) is 5.69 Å². The fourth-order valence-corrected chi connectivity index (χ4v) is 2.79. The number of carbonyl (C=O) groups excluding carboxylic acids is 1. The molecule has 1 amide bonds. The lowest BCUT2D eigenvalue weighted by molar-refractivity contribution is 0.102. The summed E-state index contributed by atoms with van der Waals surface area (Å²) in [6.07, 6.45) is 1.72. The number of nitrogens with one attached hydrogen (secondary N) is 1. The van der Waals surface area contributed by atoms with Gasteiger partial charge in [-0.15, -0.1) is 0 Å². The highest BCUT2D eigenvalue weighted by molar-refractivity contribution is 6.02. The van der Waals surface area contributed by atoms with E-state index in [1.165, 1.54) is 0 Å². The highest BCUT2D eigenvalue weighted by Crippen LogP contribution is 2.22. The molecule has 138 valence electrons. The van der Waals surface area contributed by atoms with E-state index in [1.807, 2.05) is 72.8 Å². The number of para-hydroxylation sites is 1. The first-order valence-corrected chi connectivity index (χ1v) is 8.96. The SMILES string of the molecule is O=C(Nc1ccccc1)c1ccn(COc2ccc(-c3ccccc3)cc2)n1. The standard InChI is InChI=1S/C23H19N3O2/c27-23(24-20-9-5-2-6-10-20)22-15-16-26(25-22)17-28-21-13-11-19(12-14-21)18-7-3-1-4-8-18/h1-16H,17H2,(H,24,27). The molecule has 0 fully saturated rings. The summed E-state index contributed by atoms with van der Waals surface area (Å²) in [7, 11) is 0. The van der Waals surface area contributed by atoms with E-state index >= 15 is 0 Å². The molecule has 0 aliphatic rings. The second-order valence-corrected chi connectivity index (χ2v) is 6.22. The van der Waals surface area contributed by atoms with Crippen molar-refractivity contribution >= 4 is 11.6 Å². The molecule has 5 heteroatoms. The van der Waals surface area contributed by atoms with Crippen molar-refractivity contribution in [1.82, 2.24) is 9.78 Å². The third kappa shape index (κ3) is 4.27. The maximum absolute atomic E-state index is 12.2. The van der Waals surface area contributed by atoms with Crippen LogP contribution in [0.15, 0.2) is 97.2 Å². The average molecular weight is 369 g/mol. The Balaban J connectivity index is 1.35. The van der Waals surface area contributed by atoms with Crippen LogP contribution in [0.25, 0.3) is 11.1 Å².